The first-order valence-corrected chi connectivity index (χ1v) is 5.70. The van der Waals surface area contributed by atoms with Crippen LogP contribution in [0.25, 0.3) is 0 Å². The summed E-state index contributed by atoms with van der Waals surface area (Å²) < 4.78 is 50.8. The van der Waals surface area contributed by atoms with Gasteiger partial charge in [-0.15, -0.1) is 0 Å². The van der Waals surface area contributed by atoms with Crippen LogP contribution in [-0.2, 0) is 6.18 Å². The van der Waals surface area contributed by atoms with Gasteiger partial charge < -0.3 is 11.1 Å². The van der Waals surface area contributed by atoms with Gasteiger partial charge in [0.1, 0.15) is 16.8 Å². The van der Waals surface area contributed by atoms with E-state index in [0.29, 0.717) is 11.8 Å². The minimum absolute atomic E-state index is 0.0212. The Kier molecular flexibility index (Phi) is 3.71. The molecular formula is C12H8ClF4N3. The highest BCUT2D eigenvalue weighted by Crippen LogP contribution is 2.33. The van der Waals surface area contributed by atoms with Crippen molar-refractivity contribution in [3.05, 3.63) is 46.9 Å². The van der Waals surface area contributed by atoms with Gasteiger partial charge in [-0.1, -0.05) is 11.6 Å². The van der Waals surface area contributed by atoms with E-state index in [-0.39, 0.29) is 16.7 Å². The lowest BCUT2D eigenvalue weighted by Gasteiger charge is -2.11. The van der Waals surface area contributed by atoms with Gasteiger partial charge in [-0.2, -0.15) is 13.2 Å². The van der Waals surface area contributed by atoms with E-state index in [1.165, 1.54) is 12.1 Å². The summed E-state index contributed by atoms with van der Waals surface area (Å²) in [5, 5.41) is 2.67. The molecule has 0 aliphatic heterocycles. The number of hydrogen-bond donors (Lipinski definition) is 2. The Balaban J connectivity index is 2.35. The fourth-order valence-corrected chi connectivity index (χ4v) is 1.77. The van der Waals surface area contributed by atoms with Crippen LogP contribution < -0.4 is 11.1 Å². The van der Waals surface area contributed by atoms with Crippen LogP contribution in [0.4, 0.5) is 34.8 Å². The standard InChI is InChI=1S/C12H8ClF4N3/c13-10-3-6(18)4-11(20-10)19-7-1-2-9(14)8(5-7)12(15,16)17/h1-5H,(H3,18,19,20). The van der Waals surface area contributed by atoms with E-state index in [0.717, 1.165) is 12.1 Å². The first kappa shape index (κ1) is 14.4. The Labute approximate surface area is 116 Å². The molecule has 3 N–H and O–H groups in total. The van der Waals surface area contributed by atoms with Crippen LogP contribution in [0.2, 0.25) is 5.15 Å². The second-order valence-corrected chi connectivity index (χ2v) is 4.31. The normalized spacial score (nSPS) is 11.4. The van der Waals surface area contributed by atoms with Crippen LogP contribution in [0, 0.1) is 5.82 Å². The highest BCUT2D eigenvalue weighted by Gasteiger charge is 2.34. The monoisotopic (exact) mass is 305 g/mol. The second kappa shape index (κ2) is 5.16. The van der Waals surface area contributed by atoms with Crippen molar-refractivity contribution in [3.8, 4) is 0 Å². The van der Waals surface area contributed by atoms with Crippen molar-refractivity contribution in [2.45, 2.75) is 6.18 Å². The molecule has 0 radical (unpaired) electrons. The number of hydrogen-bond acceptors (Lipinski definition) is 3. The summed E-state index contributed by atoms with van der Waals surface area (Å²) in [6.07, 6.45) is -4.78. The first-order valence-electron chi connectivity index (χ1n) is 5.32. The number of rotatable bonds is 2. The SMILES string of the molecule is Nc1cc(Cl)nc(Nc2ccc(F)c(C(F)(F)F)c2)c1. The number of nitrogen functional groups attached to an aromatic ring is 1. The smallest absolute Gasteiger partial charge is 0.399 e. The average molecular weight is 306 g/mol. The fraction of sp³-hybridized carbons (Fsp3) is 0.0833. The fourth-order valence-electron chi connectivity index (χ4n) is 1.55. The van der Waals surface area contributed by atoms with Crippen LogP contribution in [-0.4, -0.2) is 4.98 Å². The number of nitrogens with two attached hydrogens (primary N) is 1. The molecule has 2 rings (SSSR count). The van der Waals surface area contributed by atoms with E-state index in [4.69, 9.17) is 17.3 Å². The number of aromatic nitrogens is 1. The quantitative estimate of drug-likeness (QED) is 0.645. The summed E-state index contributed by atoms with van der Waals surface area (Å²) in [7, 11) is 0. The Morgan fingerprint density at radius 1 is 1.15 bits per heavy atom. The van der Waals surface area contributed by atoms with Gasteiger partial charge in [-0.05, 0) is 24.3 Å². The molecule has 0 amide bonds. The van der Waals surface area contributed by atoms with Gasteiger partial charge in [0, 0.05) is 17.4 Å². The molecule has 106 valence electrons. The molecule has 3 nitrogen and oxygen atoms in total. The van der Waals surface area contributed by atoms with Gasteiger partial charge in [-0.3, -0.25) is 0 Å². The molecule has 0 fully saturated rings. The maximum Gasteiger partial charge on any atom is 0.419 e. The van der Waals surface area contributed by atoms with Gasteiger partial charge in [-0.25, -0.2) is 9.37 Å². The van der Waals surface area contributed by atoms with Crippen LogP contribution in [0.1, 0.15) is 5.56 Å². The molecule has 0 aliphatic rings. The van der Waals surface area contributed by atoms with Crippen molar-refractivity contribution < 1.29 is 17.6 Å². The zero-order chi connectivity index (χ0) is 14.9. The Bertz CT molecular complexity index is 623. The third-order valence-corrected chi connectivity index (χ3v) is 2.55. The highest BCUT2D eigenvalue weighted by molar-refractivity contribution is 6.29. The topological polar surface area (TPSA) is 50.9 Å². The largest absolute Gasteiger partial charge is 0.419 e. The van der Waals surface area contributed by atoms with Crippen molar-refractivity contribution in [1.29, 1.82) is 0 Å². The van der Waals surface area contributed by atoms with E-state index < -0.39 is 17.6 Å². The number of nitrogens with one attached hydrogen (secondary N) is 1. The van der Waals surface area contributed by atoms with Gasteiger partial charge >= 0.3 is 6.18 Å². The molecule has 1 aromatic heterocycles. The summed E-state index contributed by atoms with van der Waals surface area (Å²) in [5.74, 6) is -1.18. The first-order chi connectivity index (χ1) is 9.25. The lowest BCUT2D eigenvalue weighted by Crippen LogP contribution is -2.08. The summed E-state index contributed by atoms with van der Waals surface area (Å²) >= 11 is 5.67. The zero-order valence-corrected chi connectivity index (χ0v) is 10.6. The molecule has 0 bridgehead atoms. The number of benzene rings is 1. The van der Waals surface area contributed by atoms with E-state index in [2.05, 4.69) is 10.3 Å². The second-order valence-electron chi connectivity index (χ2n) is 3.93. The number of nitrogens with zero attached hydrogens (tertiary/aromatic N) is 1. The lowest BCUT2D eigenvalue weighted by molar-refractivity contribution is -0.139. The molecule has 1 heterocycles. The van der Waals surface area contributed by atoms with Gasteiger partial charge in [0.15, 0.2) is 0 Å². The van der Waals surface area contributed by atoms with Crippen molar-refractivity contribution in [2.24, 2.45) is 0 Å². The minimum Gasteiger partial charge on any atom is -0.399 e. The minimum atomic E-state index is -4.78. The van der Waals surface area contributed by atoms with E-state index in [9.17, 15) is 17.6 Å². The molecule has 0 unspecified atom stereocenters. The van der Waals surface area contributed by atoms with Crippen molar-refractivity contribution in [2.75, 3.05) is 11.1 Å². The average Bonchev–Trinajstić information content (AvgIpc) is 2.29. The predicted octanol–water partition coefficient (Wildman–Crippen LogP) is 4.22. The Hall–Kier alpha value is -2.02. The highest BCUT2D eigenvalue weighted by atomic mass is 35.5. The van der Waals surface area contributed by atoms with Crippen molar-refractivity contribution in [1.82, 2.24) is 4.98 Å². The molecule has 0 aliphatic carbocycles. The number of pyridine rings is 1. The molecule has 20 heavy (non-hydrogen) atoms. The maximum absolute atomic E-state index is 13.1. The van der Waals surface area contributed by atoms with E-state index in [1.54, 1.807) is 0 Å². The summed E-state index contributed by atoms with van der Waals surface area (Å²) in [6, 6.07) is 5.30. The summed E-state index contributed by atoms with van der Waals surface area (Å²) in [5.41, 5.74) is 4.49. The summed E-state index contributed by atoms with van der Waals surface area (Å²) in [6.45, 7) is 0. The van der Waals surface area contributed by atoms with Gasteiger partial charge in [0.25, 0.3) is 0 Å². The summed E-state index contributed by atoms with van der Waals surface area (Å²) in [4.78, 5) is 3.84. The van der Waals surface area contributed by atoms with Crippen LogP contribution in [0.3, 0.4) is 0 Å². The molecule has 2 aromatic rings. The van der Waals surface area contributed by atoms with Gasteiger partial charge in [0.2, 0.25) is 0 Å². The third kappa shape index (κ3) is 3.30. The van der Waals surface area contributed by atoms with E-state index >= 15 is 0 Å². The molecule has 0 saturated carbocycles. The number of anilines is 3. The molecule has 0 saturated heterocycles. The number of halogens is 5. The van der Waals surface area contributed by atoms with E-state index in [1.807, 2.05) is 0 Å². The lowest BCUT2D eigenvalue weighted by atomic mass is 10.2. The Morgan fingerprint density at radius 3 is 2.45 bits per heavy atom. The van der Waals surface area contributed by atoms with Crippen LogP contribution in [0.5, 0.6) is 0 Å². The zero-order valence-electron chi connectivity index (χ0n) is 9.80. The maximum atomic E-state index is 13.1. The van der Waals surface area contributed by atoms with Gasteiger partial charge in [0.05, 0.1) is 5.56 Å². The van der Waals surface area contributed by atoms with Crippen LogP contribution in [0.15, 0.2) is 30.3 Å². The molecule has 8 heteroatoms. The van der Waals surface area contributed by atoms with Crippen molar-refractivity contribution >= 4 is 28.8 Å². The third-order valence-electron chi connectivity index (χ3n) is 2.36. The van der Waals surface area contributed by atoms with Crippen molar-refractivity contribution in [3.63, 3.8) is 0 Å². The molecule has 0 spiro atoms. The Morgan fingerprint density at radius 2 is 1.85 bits per heavy atom. The number of alkyl halides is 3. The predicted molar refractivity (Wildman–Crippen MR) is 68.3 cm³/mol. The van der Waals surface area contributed by atoms with Crippen LogP contribution >= 0.6 is 11.6 Å². The molecule has 1 aromatic carbocycles. The molecule has 0 atom stereocenters. The molecular weight excluding hydrogens is 298 g/mol.